The highest BCUT2D eigenvalue weighted by Crippen LogP contribution is 2.43. The van der Waals surface area contributed by atoms with E-state index in [-0.39, 0.29) is 24.0 Å². The van der Waals surface area contributed by atoms with Crippen molar-refractivity contribution in [3.8, 4) is 0 Å². The van der Waals surface area contributed by atoms with Crippen LogP contribution in [-0.2, 0) is 4.79 Å². The lowest BCUT2D eigenvalue weighted by atomic mass is 9.66. The van der Waals surface area contributed by atoms with E-state index in [0.29, 0.717) is 13.0 Å². The molecule has 0 spiro atoms. The van der Waals surface area contributed by atoms with E-state index in [0.717, 1.165) is 32.2 Å². The van der Waals surface area contributed by atoms with Gasteiger partial charge in [0, 0.05) is 13.0 Å². The van der Waals surface area contributed by atoms with Crippen molar-refractivity contribution in [2.45, 2.75) is 44.6 Å². The maximum Gasteiger partial charge on any atom is 0.223 e. The molecule has 0 radical (unpaired) electrons. The number of hydrogen-bond acceptors (Lipinski definition) is 3. The molecule has 0 aromatic heterocycles. The Morgan fingerprint density at radius 3 is 2.69 bits per heavy atom. The number of rotatable bonds is 4. The maximum absolute atomic E-state index is 12.1. The maximum atomic E-state index is 12.1. The third-order valence-electron chi connectivity index (χ3n) is 4.28. The van der Waals surface area contributed by atoms with Crippen LogP contribution in [0.2, 0.25) is 0 Å². The quantitative estimate of drug-likeness (QED) is 0.733. The molecule has 0 aromatic rings. The van der Waals surface area contributed by atoms with Gasteiger partial charge in [-0.15, -0.1) is 0 Å². The average Bonchev–Trinajstić information content (AvgIpc) is 2.71. The topological polar surface area (TPSA) is 66.6 Å². The minimum Gasteiger partial charge on any atom is -0.394 e. The fourth-order valence-electron chi connectivity index (χ4n) is 2.91. The van der Waals surface area contributed by atoms with Gasteiger partial charge in [-0.1, -0.05) is 6.42 Å². The Bertz CT molecular complexity index is 258. The smallest absolute Gasteiger partial charge is 0.223 e. The molecule has 1 atom stereocenters. The van der Waals surface area contributed by atoms with Gasteiger partial charge in [-0.25, -0.2) is 0 Å². The van der Waals surface area contributed by atoms with Gasteiger partial charge in [0.1, 0.15) is 0 Å². The van der Waals surface area contributed by atoms with Crippen molar-refractivity contribution in [3.05, 3.63) is 0 Å². The molecular formula is C12H22N2O2. The molecule has 1 aliphatic carbocycles. The third-order valence-corrected chi connectivity index (χ3v) is 4.28. The Morgan fingerprint density at radius 2 is 2.19 bits per heavy atom. The highest BCUT2D eigenvalue weighted by atomic mass is 16.3. The van der Waals surface area contributed by atoms with E-state index in [1.165, 1.54) is 6.42 Å². The second kappa shape index (κ2) is 4.72. The van der Waals surface area contributed by atoms with E-state index in [4.69, 9.17) is 5.73 Å². The van der Waals surface area contributed by atoms with Crippen LogP contribution in [0.3, 0.4) is 0 Å². The Kier molecular flexibility index (Phi) is 3.50. The van der Waals surface area contributed by atoms with E-state index in [1.807, 2.05) is 4.90 Å². The van der Waals surface area contributed by atoms with Gasteiger partial charge in [0.25, 0.3) is 0 Å². The van der Waals surface area contributed by atoms with Gasteiger partial charge < -0.3 is 15.7 Å². The Labute approximate surface area is 96.8 Å². The van der Waals surface area contributed by atoms with Gasteiger partial charge in [0.2, 0.25) is 5.91 Å². The molecule has 4 heteroatoms. The molecule has 2 rings (SSSR count). The zero-order valence-electron chi connectivity index (χ0n) is 9.82. The average molecular weight is 226 g/mol. The number of aliphatic hydroxyl groups is 1. The van der Waals surface area contributed by atoms with Gasteiger partial charge in [-0.05, 0) is 37.6 Å². The van der Waals surface area contributed by atoms with Crippen LogP contribution in [-0.4, -0.2) is 41.7 Å². The number of likely N-dealkylation sites (tertiary alicyclic amines) is 1. The van der Waals surface area contributed by atoms with Crippen molar-refractivity contribution in [1.29, 1.82) is 0 Å². The number of carbonyl (C=O) groups is 1. The first-order valence-corrected chi connectivity index (χ1v) is 6.31. The molecule has 1 amide bonds. The van der Waals surface area contributed by atoms with Crippen molar-refractivity contribution in [3.63, 3.8) is 0 Å². The predicted molar refractivity (Wildman–Crippen MR) is 61.8 cm³/mol. The van der Waals surface area contributed by atoms with Crippen LogP contribution < -0.4 is 5.73 Å². The van der Waals surface area contributed by atoms with E-state index in [9.17, 15) is 9.90 Å². The van der Waals surface area contributed by atoms with Crippen LogP contribution in [0.1, 0.15) is 38.5 Å². The fourth-order valence-corrected chi connectivity index (χ4v) is 2.91. The van der Waals surface area contributed by atoms with Gasteiger partial charge in [-0.2, -0.15) is 0 Å². The molecule has 0 unspecified atom stereocenters. The summed E-state index contributed by atoms with van der Waals surface area (Å²) in [6.07, 6.45) is 5.93. The number of nitrogens with two attached hydrogens (primary N) is 1. The number of aliphatic hydroxyl groups excluding tert-OH is 1. The molecule has 1 saturated carbocycles. The van der Waals surface area contributed by atoms with Crippen molar-refractivity contribution < 1.29 is 9.90 Å². The molecule has 0 bridgehead atoms. The van der Waals surface area contributed by atoms with Gasteiger partial charge in [-0.3, -0.25) is 4.79 Å². The summed E-state index contributed by atoms with van der Waals surface area (Å²) < 4.78 is 0. The van der Waals surface area contributed by atoms with E-state index < -0.39 is 0 Å². The Morgan fingerprint density at radius 1 is 1.44 bits per heavy atom. The Hall–Kier alpha value is -0.610. The summed E-state index contributed by atoms with van der Waals surface area (Å²) in [7, 11) is 0. The SMILES string of the molecule is NCC1(CC(=O)N2CCC[C@H]2CO)CCC1. The van der Waals surface area contributed by atoms with Crippen LogP contribution in [0, 0.1) is 5.41 Å². The molecule has 1 aliphatic heterocycles. The fraction of sp³-hybridized carbons (Fsp3) is 0.917. The van der Waals surface area contributed by atoms with Crippen LogP contribution in [0.5, 0.6) is 0 Å². The molecule has 3 N–H and O–H groups in total. The summed E-state index contributed by atoms with van der Waals surface area (Å²) in [6, 6.07) is 0.0578. The lowest BCUT2D eigenvalue weighted by Crippen LogP contribution is -2.45. The second-order valence-corrected chi connectivity index (χ2v) is 5.30. The number of amides is 1. The zero-order valence-corrected chi connectivity index (χ0v) is 9.82. The van der Waals surface area contributed by atoms with Crippen LogP contribution in [0.4, 0.5) is 0 Å². The largest absolute Gasteiger partial charge is 0.394 e. The summed E-state index contributed by atoms with van der Waals surface area (Å²) in [4.78, 5) is 14.0. The Balaban J connectivity index is 1.92. The minimum absolute atomic E-state index is 0.0578. The molecule has 4 nitrogen and oxygen atoms in total. The van der Waals surface area contributed by atoms with Crippen molar-refractivity contribution in [1.82, 2.24) is 4.90 Å². The number of hydrogen-bond donors (Lipinski definition) is 2. The summed E-state index contributed by atoms with van der Waals surface area (Å²) in [5, 5.41) is 9.19. The van der Waals surface area contributed by atoms with E-state index in [1.54, 1.807) is 0 Å². The molecule has 1 saturated heterocycles. The molecule has 92 valence electrons. The molecule has 0 aromatic carbocycles. The highest BCUT2D eigenvalue weighted by molar-refractivity contribution is 5.77. The predicted octanol–water partition coefficient (Wildman–Crippen LogP) is 0.489. The van der Waals surface area contributed by atoms with E-state index >= 15 is 0 Å². The minimum atomic E-state index is 0.0578. The van der Waals surface area contributed by atoms with Crippen LogP contribution in [0.25, 0.3) is 0 Å². The normalized spacial score (nSPS) is 27.9. The number of nitrogens with zero attached hydrogens (tertiary/aromatic N) is 1. The lowest BCUT2D eigenvalue weighted by Gasteiger charge is -2.41. The first-order valence-electron chi connectivity index (χ1n) is 6.31. The van der Waals surface area contributed by atoms with Crippen molar-refractivity contribution in [2.24, 2.45) is 11.1 Å². The van der Waals surface area contributed by atoms with Crippen molar-refractivity contribution >= 4 is 5.91 Å². The molecule has 16 heavy (non-hydrogen) atoms. The zero-order chi connectivity index (χ0) is 11.6. The standard InChI is InChI=1S/C12H22N2O2/c13-9-12(4-2-5-12)7-11(16)14-6-1-3-10(14)8-15/h10,15H,1-9,13H2/t10-/m0/s1. The number of carbonyl (C=O) groups excluding carboxylic acids is 1. The monoisotopic (exact) mass is 226 g/mol. The van der Waals surface area contributed by atoms with Crippen LogP contribution >= 0.6 is 0 Å². The van der Waals surface area contributed by atoms with Crippen LogP contribution in [0.15, 0.2) is 0 Å². The van der Waals surface area contributed by atoms with Gasteiger partial charge in [0.05, 0.1) is 12.6 Å². The lowest BCUT2D eigenvalue weighted by molar-refractivity contribution is -0.136. The molecular weight excluding hydrogens is 204 g/mol. The van der Waals surface area contributed by atoms with Gasteiger partial charge >= 0.3 is 0 Å². The first-order chi connectivity index (χ1) is 7.71. The summed E-state index contributed by atoms with van der Waals surface area (Å²) in [5.74, 6) is 0.196. The van der Waals surface area contributed by atoms with Crippen molar-refractivity contribution in [2.75, 3.05) is 19.7 Å². The highest BCUT2D eigenvalue weighted by Gasteiger charge is 2.40. The second-order valence-electron chi connectivity index (χ2n) is 5.30. The third kappa shape index (κ3) is 2.09. The van der Waals surface area contributed by atoms with Gasteiger partial charge in [0.15, 0.2) is 0 Å². The van der Waals surface area contributed by atoms with E-state index in [2.05, 4.69) is 0 Å². The summed E-state index contributed by atoms with van der Waals surface area (Å²) in [5.41, 5.74) is 5.85. The summed E-state index contributed by atoms with van der Waals surface area (Å²) >= 11 is 0. The molecule has 2 aliphatic rings. The molecule has 2 fully saturated rings. The molecule has 1 heterocycles. The summed E-state index contributed by atoms with van der Waals surface area (Å²) in [6.45, 7) is 1.53. The first kappa shape index (κ1) is 11.9.